The Morgan fingerprint density at radius 2 is 2.05 bits per heavy atom. The minimum absolute atomic E-state index is 0.00210. The van der Waals surface area contributed by atoms with Crippen molar-refractivity contribution in [3.8, 4) is 11.5 Å². The van der Waals surface area contributed by atoms with Crippen molar-refractivity contribution in [2.75, 3.05) is 33.9 Å². The van der Waals surface area contributed by atoms with Crippen molar-refractivity contribution in [1.29, 1.82) is 0 Å². The maximum absolute atomic E-state index is 8.84. The first kappa shape index (κ1) is 15.8. The van der Waals surface area contributed by atoms with Gasteiger partial charge in [-0.3, -0.25) is 0 Å². The summed E-state index contributed by atoms with van der Waals surface area (Å²) in [7, 11) is 3.30. The van der Waals surface area contributed by atoms with Crippen LogP contribution in [0.5, 0.6) is 11.5 Å². The number of hydrogen-bond donors (Lipinski definition) is 3. The van der Waals surface area contributed by atoms with Crippen LogP contribution in [0.3, 0.4) is 0 Å². The number of methoxy groups -OCH3 is 2. The number of aliphatic hydroxyl groups is 1. The third-order valence-electron chi connectivity index (χ3n) is 3.05. The van der Waals surface area contributed by atoms with Gasteiger partial charge >= 0.3 is 0 Å². The van der Waals surface area contributed by atoms with Crippen LogP contribution < -0.4 is 20.5 Å². The molecule has 0 amide bonds. The first-order valence-corrected chi connectivity index (χ1v) is 6.41. The number of nitrogens with two attached hydrogens (primary N) is 1. The smallest absolute Gasteiger partial charge is 0.126 e. The Hall–Kier alpha value is -1.30. The largest absolute Gasteiger partial charge is 0.497 e. The topological polar surface area (TPSA) is 76.7 Å². The second-order valence-corrected chi connectivity index (χ2v) is 4.52. The van der Waals surface area contributed by atoms with Crippen molar-refractivity contribution in [2.24, 2.45) is 5.73 Å². The van der Waals surface area contributed by atoms with E-state index in [2.05, 4.69) is 5.32 Å². The highest BCUT2D eigenvalue weighted by Crippen LogP contribution is 2.28. The van der Waals surface area contributed by atoms with E-state index < -0.39 is 0 Å². The molecule has 0 aliphatic rings. The fourth-order valence-corrected chi connectivity index (χ4v) is 1.94. The summed E-state index contributed by atoms with van der Waals surface area (Å²) in [5.74, 6) is 1.64. The van der Waals surface area contributed by atoms with Crippen molar-refractivity contribution in [2.45, 2.75) is 19.4 Å². The summed E-state index contributed by atoms with van der Waals surface area (Å²) in [6.07, 6.45) is 0.844. The van der Waals surface area contributed by atoms with Crippen molar-refractivity contribution in [1.82, 2.24) is 5.32 Å². The molecule has 0 radical (unpaired) electrons. The summed E-state index contributed by atoms with van der Waals surface area (Å²) >= 11 is 0. The molecule has 1 unspecified atom stereocenters. The molecule has 108 valence electrons. The number of ether oxygens (including phenoxy) is 2. The third-order valence-corrected chi connectivity index (χ3v) is 3.05. The van der Waals surface area contributed by atoms with Crippen molar-refractivity contribution in [3.63, 3.8) is 0 Å². The summed E-state index contributed by atoms with van der Waals surface area (Å²) < 4.78 is 10.6. The highest BCUT2D eigenvalue weighted by Gasteiger charge is 2.09. The molecular weight excluding hydrogens is 244 g/mol. The van der Waals surface area contributed by atoms with Crippen LogP contribution in [-0.4, -0.2) is 45.1 Å². The minimum Gasteiger partial charge on any atom is -0.497 e. The molecule has 1 aromatic rings. The minimum atomic E-state index is -0.209. The van der Waals surface area contributed by atoms with Gasteiger partial charge in [0.05, 0.1) is 20.8 Å². The monoisotopic (exact) mass is 268 g/mol. The number of aliphatic hydroxyl groups excluding tert-OH is 1. The zero-order valence-electron chi connectivity index (χ0n) is 11.9. The Balaban J connectivity index is 2.62. The van der Waals surface area contributed by atoms with Gasteiger partial charge in [-0.25, -0.2) is 0 Å². The molecule has 5 nitrogen and oxygen atoms in total. The molecule has 0 aliphatic carbocycles. The van der Waals surface area contributed by atoms with E-state index in [-0.39, 0.29) is 12.6 Å². The average molecular weight is 268 g/mol. The zero-order chi connectivity index (χ0) is 14.3. The van der Waals surface area contributed by atoms with Gasteiger partial charge in [-0.2, -0.15) is 0 Å². The van der Waals surface area contributed by atoms with Crippen LogP contribution >= 0.6 is 0 Å². The lowest BCUT2D eigenvalue weighted by Gasteiger charge is -2.15. The molecule has 1 aromatic carbocycles. The number of rotatable bonds is 8. The molecule has 0 saturated heterocycles. The molecule has 0 fully saturated rings. The maximum Gasteiger partial charge on any atom is 0.126 e. The average Bonchev–Trinajstić information content (AvgIpc) is 2.43. The zero-order valence-corrected chi connectivity index (χ0v) is 11.9. The first-order valence-electron chi connectivity index (χ1n) is 6.41. The summed E-state index contributed by atoms with van der Waals surface area (Å²) in [4.78, 5) is 0. The number of benzene rings is 1. The van der Waals surface area contributed by atoms with Crippen LogP contribution in [-0.2, 0) is 6.42 Å². The Morgan fingerprint density at radius 1 is 1.32 bits per heavy atom. The van der Waals surface area contributed by atoms with E-state index in [1.165, 1.54) is 0 Å². The van der Waals surface area contributed by atoms with Crippen molar-refractivity contribution in [3.05, 3.63) is 23.3 Å². The lowest BCUT2D eigenvalue weighted by molar-refractivity contribution is 0.262. The van der Waals surface area contributed by atoms with Crippen LogP contribution in [0.1, 0.15) is 11.1 Å². The van der Waals surface area contributed by atoms with Crippen molar-refractivity contribution >= 4 is 0 Å². The van der Waals surface area contributed by atoms with Gasteiger partial charge in [0, 0.05) is 18.7 Å². The molecular formula is C14H24N2O3. The Kier molecular flexibility index (Phi) is 6.62. The maximum atomic E-state index is 8.84. The van der Waals surface area contributed by atoms with Gasteiger partial charge in [0.15, 0.2) is 0 Å². The Labute approximate surface area is 114 Å². The summed E-state index contributed by atoms with van der Waals surface area (Å²) in [6.45, 7) is 3.43. The van der Waals surface area contributed by atoms with E-state index in [9.17, 15) is 0 Å². The fraction of sp³-hybridized carbons (Fsp3) is 0.571. The molecule has 0 aromatic heterocycles. The van der Waals surface area contributed by atoms with E-state index in [0.717, 1.165) is 35.6 Å². The van der Waals surface area contributed by atoms with E-state index in [1.807, 2.05) is 19.1 Å². The van der Waals surface area contributed by atoms with E-state index >= 15 is 0 Å². The van der Waals surface area contributed by atoms with Gasteiger partial charge in [0.1, 0.15) is 11.5 Å². The molecule has 4 N–H and O–H groups in total. The second-order valence-electron chi connectivity index (χ2n) is 4.52. The summed E-state index contributed by atoms with van der Waals surface area (Å²) in [5.41, 5.74) is 7.93. The molecule has 1 atom stereocenters. The number of aryl methyl sites for hydroxylation is 1. The lowest BCUT2D eigenvalue weighted by atomic mass is 10.0. The van der Waals surface area contributed by atoms with Crippen molar-refractivity contribution < 1.29 is 14.6 Å². The fourth-order valence-electron chi connectivity index (χ4n) is 1.94. The third kappa shape index (κ3) is 4.70. The molecule has 0 bridgehead atoms. The van der Waals surface area contributed by atoms with Crippen LogP contribution in [0.4, 0.5) is 0 Å². The second kappa shape index (κ2) is 7.99. The molecule has 19 heavy (non-hydrogen) atoms. The standard InChI is InChI=1S/C14H24N2O3/c1-10-6-12(18-2)7-14(19-3)13(10)4-5-16-8-11(15)9-17/h6-7,11,16-17H,4-5,8-9,15H2,1-3H3. The van der Waals surface area contributed by atoms with Crippen LogP contribution in [0.25, 0.3) is 0 Å². The molecule has 5 heteroatoms. The molecule has 0 spiro atoms. The van der Waals surface area contributed by atoms with E-state index in [4.69, 9.17) is 20.3 Å². The normalized spacial score (nSPS) is 12.3. The van der Waals surface area contributed by atoms with Gasteiger partial charge < -0.3 is 25.6 Å². The van der Waals surface area contributed by atoms with Crippen LogP contribution in [0.15, 0.2) is 12.1 Å². The predicted octanol–water partition coefficient (Wildman–Crippen LogP) is 0.464. The highest BCUT2D eigenvalue weighted by atomic mass is 16.5. The van der Waals surface area contributed by atoms with Gasteiger partial charge in [-0.05, 0) is 37.1 Å². The number of nitrogens with one attached hydrogen (secondary N) is 1. The Bertz CT molecular complexity index is 397. The summed E-state index contributed by atoms with van der Waals surface area (Å²) in [6, 6.07) is 3.68. The quantitative estimate of drug-likeness (QED) is 0.597. The van der Waals surface area contributed by atoms with Crippen LogP contribution in [0, 0.1) is 6.92 Å². The Morgan fingerprint density at radius 3 is 2.63 bits per heavy atom. The van der Waals surface area contributed by atoms with E-state index in [1.54, 1.807) is 14.2 Å². The van der Waals surface area contributed by atoms with Gasteiger partial charge in [-0.1, -0.05) is 0 Å². The van der Waals surface area contributed by atoms with E-state index in [0.29, 0.717) is 6.54 Å². The first-order chi connectivity index (χ1) is 9.12. The van der Waals surface area contributed by atoms with Gasteiger partial charge in [0.2, 0.25) is 0 Å². The van der Waals surface area contributed by atoms with Gasteiger partial charge in [-0.15, -0.1) is 0 Å². The molecule has 0 aliphatic heterocycles. The SMILES string of the molecule is COc1cc(C)c(CCNCC(N)CO)c(OC)c1. The lowest BCUT2D eigenvalue weighted by Crippen LogP contribution is -2.37. The molecule has 0 saturated carbocycles. The number of hydrogen-bond acceptors (Lipinski definition) is 5. The molecule has 0 heterocycles. The highest BCUT2D eigenvalue weighted by molar-refractivity contribution is 5.46. The molecule has 1 rings (SSSR count). The predicted molar refractivity (Wildman–Crippen MR) is 75.9 cm³/mol. The summed E-state index contributed by atoms with van der Waals surface area (Å²) in [5, 5.41) is 12.1. The van der Waals surface area contributed by atoms with Crippen LogP contribution in [0.2, 0.25) is 0 Å². The van der Waals surface area contributed by atoms with Gasteiger partial charge in [0.25, 0.3) is 0 Å².